The first-order valence-corrected chi connectivity index (χ1v) is 9.66. The van der Waals surface area contributed by atoms with E-state index in [-0.39, 0.29) is 35.6 Å². The molecule has 1 aliphatic heterocycles. The Labute approximate surface area is 155 Å². The van der Waals surface area contributed by atoms with Crippen LogP contribution in [-0.2, 0) is 19.1 Å². The first-order chi connectivity index (χ1) is 12.4. The van der Waals surface area contributed by atoms with E-state index in [1.165, 1.54) is 0 Å². The van der Waals surface area contributed by atoms with Crippen molar-refractivity contribution in [2.45, 2.75) is 46.5 Å². The highest BCUT2D eigenvalue weighted by Gasteiger charge is 2.52. The summed E-state index contributed by atoms with van der Waals surface area (Å²) in [6.45, 7) is 7.36. The smallest absolute Gasteiger partial charge is 0.336 e. The van der Waals surface area contributed by atoms with Crippen molar-refractivity contribution in [2.75, 3.05) is 26.4 Å². The molecule has 2 N–H and O–H groups in total. The number of fused-ring (bicyclic) bond motifs is 1. The molecule has 2 fully saturated rings. The first-order valence-electron chi connectivity index (χ1n) is 9.66. The lowest BCUT2D eigenvalue weighted by molar-refractivity contribution is -0.139. The number of nitrogens with zero attached hydrogens (tertiary/aromatic N) is 1. The summed E-state index contributed by atoms with van der Waals surface area (Å²) in [5, 5.41) is 0. The molecule has 1 heterocycles. The zero-order valence-corrected chi connectivity index (χ0v) is 16.0. The van der Waals surface area contributed by atoms with Crippen molar-refractivity contribution in [2.24, 2.45) is 33.9 Å². The third kappa shape index (κ3) is 3.91. The van der Waals surface area contributed by atoms with Gasteiger partial charge in [0.1, 0.15) is 5.78 Å². The minimum atomic E-state index is -0.351. The van der Waals surface area contributed by atoms with Crippen LogP contribution in [0.2, 0.25) is 0 Å². The van der Waals surface area contributed by atoms with Gasteiger partial charge in [-0.15, -0.1) is 0 Å². The maximum Gasteiger partial charge on any atom is 0.336 e. The molecule has 0 bridgehead atoms. The minimum absolute atomic E-state index is 0.0921. The first kappa shape index (κ1) is 19.2. The van der Waals surface area contributed by atoms with E-state index in [0.29, 0.717) is 43.4 Å². The van der Waals surface area contributed by atoms with Crippen LogP contribution in [0.1, 0.15) is 46.5 Å². The molecule has 3 rings (SSSR count). The van der Waals surface area contributed by atoms with Crippen molar-refractivity contribution in [1.82, 2.24) is 0 Å². The number of Topliss-reactive ketones (excluding diaryl/α,β-unsaturated/α-hetero) is 1. The summed E-state index contributed by atoms with van der Waals surface area (Å²) >= 11 is 0. The Morgan fingerprint density at radius 3 is 2.65 bits per heavy atom. The third-order valence-corrected chi connectivity index (χ3v) is 5.43. The van der Waals surface area contributed by atoms with Crippen LogP contribution in [0.15, 0.2) is 16.3 Å². The van der Waals surface area contributed by atoms with E-state index in [1.54, 1.807) is 6.92 Å². The second kappa shape index (κ2) is 7.61. The maximum atomic E-state index is 13.0. The molecule has 0 aromatic rings. The molecule has 26 heavy (non-hydrogen) atoms. The standard InChI is InChI=1S/C20H30N2O4/c1-4-26-19(24)18-14(11-25-8-7-21)22-13-9-20(2,3)10-15(23)17(13)16(18)12-5-6-12/h12,16-17H,4-11,21H2,1-3H3. The van der Waals surface area contributed by atoms with Gasteiger partial charge in [-0.1, -0.05) is 13.8 Å². The molecule has 2 saturated carbocycles. The molecule has 2 atom stereocenters. The fraction of sp³-hybridized carbons (Fsp3) is 0.750. The van der Waals surface area contributed by atoms with E-state index in [4.69, 9.17) is 20.2 Å². The Bertz CT molecular complexity index is 646. The van der Waals surface area contributed by atoms with E-state index in [2.05, 4.69) is 13.8 Å². The number of nitrogens with two attached hydrogens (primary N) is 1. The van der Waals surface area contributed by atoms with Gasteiger partial charge in [0.25, 0.3) is 0 Å². The second-order valence-corrected chi connectivity index (χ2v) is 8.35. The maximum absolute atomic E-state index is 13.0. The number of carbonyl (C=O) groups excluding carboxylic acids is 2. The van der Waals surface area contributed by atoms with E-state index in [0.717, 1.165) is 25.0 Å². The van der Waals surface area contributed by atoms with Crippen molar-refractivity contribution >= 4 is 17.5 Å². The SMILES string of the molecule is CCOC(=O)C1=C(COCCN)N=C2CC(C)(C)CC(=O)C2C1C1CC1. The molecule has 3 aliphatic rings. The molecule has 2 unspecified atom stereocenters. The molecule has 2 aliphatic carbocycles. The van der Waals surface area contributed by atoms with Crippen LogP contribution >= 0.6 is 0 Å². The number of aliphatic imine (C=N–C) groups is 1. The van der Waals surface area contributed by atoms with Gasteiger partial charge in [-0.3, -0.25) is 9.79 Å². The lowest BCUT2D eigenvalue weighted by Crippen LogP contribution is -2.46. The number of hydrogen-bond acceptors (Lipinski definition) is 6. The minimum Gasteiger partial charge on any atom is -0.463 e. The lowest BCUT2D eigenvalue weighted by atomic mass is 9.63. The molecular formula is C20H30N2O4. The Kier molecular flexibility index (Phi) is 5.63. The van der Waals surface area contributed by atoms with Crippen molar-refractivity contribution in [3.05, 3.63) is 11.3 Å². The van der Waals surface area contributed by atoms with Crippen LogP contribution in [0.3, 0.4) is 0 Å². The highest BCUT2D eigenvalue weighted by Crippen LogP contribution is 2.51. The average Bonchev–Trinajstić information content (AvgIpc) is 3.37. The van der Waals surface area contributed by atoms with Crippen LogP contribution in [0.25, 0.3) is 0 Å². The molecule has 0 spiro atoms. The van der Waals surface area contributed by atoms with E-state index in [9.17, 15) is 9.59 Å². The normalized spacial score (nSPS) is 27.8. The van der Waals surface area contributed by atoms with Gasteiger partial charge in [0.2, 0.25) is 0 Å². The number of hydrogen-bond donors (Lipinski definition) is 1. The number of ketones is 1. The number of rotatable bonds is 7. The Morgan fingerprint density at radius 2 is 2.04 bits per heavy atom. The average molecular weight is 362 g/mol. The van der Waals surface area contributed by atoms with Crippen LogP contribution in [-0.4, -0.2) is 43.8 Å². The van der Waals surface area contributed by atoms with Gasteiger partial charge in [0, 0.05) is 24.6 Å². The second-order valence-electron chi connectivity index (χ2n) is 8.35. The molecule has 144 valence electrons. The summed E-state index contributed by atoms with van der Waals surface area (Å²) < 4.78 is 10.9. The van der Waals surface area contributed by atoms with Crippen molar-refractivity contribution in [3.8, 4) is 0 Å². The molecule has 0 aromatic heterocycles. The van der Waals surface area contributed by atoms with Gasteiger partial charge in [0.05, 0.1) is 37.0 Å². The third-order valence-electron chi connectivity index (χ3n) is 5.43. The van der Waals surface area contributed by atoms with Gasteiger partial charge in [-0.05, 0) is 37.5 Å². The molecule has 0 amide bonds. The summed E-state index contributed by atoms with van der Waals surface area (Å²) in [7, 11) is 0. The van der Waals surface area contributed by atoms with Crippen LogP contribution in [0.5, 0.6) is 0 Å². The number of ether oxygens (including phenoxy) is 2. The summed E-state index contributed by atoms with van der Waals surface area (Å²) in [4.78, 5) is 30.5. The summed E-state index contributed by atoms with van der Waals surface area (Å²) in [6.07, 6.45) is 3.41. The predicted molar refractivity (Wildman–Crippen MR) is 98.7 cm³/mol. The van der Waals surface area contributed by atoms with Gasteiger partial charge >= 0.3 is 5.97 Å². The van der Waals surface area contributed by atoms with Crippen LogP contribution in [0.4, 0.5) is 0 Å². The van der Waals surface area contributed by atoms with Gasteiger partial charge in [0.15, 0.2) is 0 Å². The van der Waals surface area contributed by atoms with E-state index < -0.39 is 0 Å². The molecule has 0 radical (unpaired) electrons. The fourth-order valence-electron chi connectivity index (χ4n) is 4.33. The molecule has 6 nitrogen and oxygen atoms in total. The Hall–Kier alpha value is -1.53. The largest absolute Gasteiger partial charge is 0.463 e. The van der Waals surface area contributed by atoms with Gasteiger partial charge in [-0.2, -0.15) is 0 Å². The van der Waals surface area contributed by atoms with E-state index >= 15 is 0 Å². The highest BCUT2D eigenvalue weighted by atomic mass is 16.5. The van der Waals surface area contributed by atoms with Gasteiger partial charge in [-0.25, -0.2) is 4.79 Å². The Balaban J connectivity index is 2.02. The Morgan fingerprint density at radius 1 is 1.31 bits per heavy atom. The lowest BCUT2D eigenvalue weighted by Gasteiger charge is -2.41. The highest BCUT2D eigenvalue weighted by molar-refractivity contribution is 6.11. The zero-order chi connectivity index (χ0) is 18.9. The molecular weight excluding hydrogens is 332 g/mol. The summed E-state index contributed by atoms with van der Waals surface area (Å²) in [5.74, 6) is -0.161. The quantitative estimate of drug-likeness (QED) is 0.554. The molecule has 6 heteroatoms. The monoisotopic (exact) mass is 362 g/mol. The predicted octanol–water partition coefficient (Wildman–Crippen LogP) is 2.26. The number of esters is 1. The molecule has 0 saturated heterocycles. The summed E-state index contributed by atoms with van der Waals surface area (Å²) in [6, 6.07) is 0. The van der Waals surface area contributed by atoms with Crippen molar-refractivity contribution < 1.29 is 19.1 Å². The topological polar surface area (TPSA) is 91.0 Å². The van der Waals surface area contributed by atoms with Crippen molar-refractivity contribution in [1.29, 1.82) is 0 Å². The summed E-state index contributed by atoms with van der Waals surface area (Å²) in [5.41, 5.74) is 7.54. The van der Waals surface area contributed by atoms with Crippen LogP contribution in [0, 0.1) is 23.2 Å². The van der Waals surface area contributed by atoms with Crippen molar-refractivity contribution in [3.63, 3.8) is 0 Å². The zero-order valence-electron chi connectivity index (χ0n) is 16.0. The van der Waals surface area contributed by atoms with Gasteiger partial charge < -0.3 is 15.2 Å². The van der Waals surface area contributed by atoms with Crippen LogP contribution < -0.4 is 5.73 Å². The van der Waals surface area contributed by atoms with E-state index in [1.807, 2.05) is 0 Å². The molecule has 0 aromatic carbocycles. The number of carbonyl (C=O) groups is 2. The fourth-order valence-corrected chi connectivity index (χ4v) is 4.33.